The topological polar surface area (TPSA) is 68.3 Å². The van der Waals surface area contributed by atoms with Crippen molar-refractivity contribution < 1.29 is 22.4 Å². The Morgan fingerprint density at radius 3 is 2.75 bits per heavy atom. The maximum absolute atomic E-state index is 13.5. The van der Waals surface area contributed by atoms with Gasteiger partial charge in [-0.3, -0.25) is 4.79 Å². The lowest BCUT2D eigenvalue weighted by Gasteiger charge is -2.00. The average Bonchev–Trinajstić information content (AvgIpc) is 3.32. The normalized spacial score (nSPS) is 11.4. The number of fused-ring (bicyclic) bond motifs is 1. The maximum Gasteiger partial charge on any atom is 0.248 e. The highest BCUT2D eigenvalue weighted by Crippen LogP contribution is 2.32. The Kier molecular flexibility index (Phi) is 4.67. The molecule has 0 saturated heterocycles. The fourth-order valence-corrected chi connectivity index (χ4v) is 2.77. The fourth-order valence-electron chi connectivity index (χ4n) is 2.53. The molecule has 0 radical (unpaired) electrons. The van der Waals surface area contributed by atoms with E-state index in [9.17, 15) is 13.6 Å². The SMILES string of the molecule is O=C(/C=C/c1ccco1)Nc1ccc2oc(-c3cc(F)c(F)cc3Cl)nc2c1. The first kappa shape index (κ1) is 17.9. The Morgan fingerprint density at radius 1 is 1.14 bits per heavy atom. The summed E-state index contributed by atoms with van der Waals surface area (Å²) in [6, 6.07) is 10.0. The van der Waals surface area contributed by atoms with Crippen LogP contribution in [0.25, 0.3) is 28.6 Å². The van der Waals surface area contributed by atoms with E-state index < -0.39 is 11.6 Å². The molecule has 0 aliphatic heterocycles. The molecule has 0 aliphatic carbocycles. The van der Waals surface area contributed by atoms with Gasteiger partial charge in [-0.25, -0.2) is 13.8 Å². The van der Waals surface area contributed by atoms with Crippen LogP contribution in [-0.4, -0.2) is 10.9 Å². The van der Waals surface area contributed by atoms with Crippen molar-refractivity contribution in [2.24, 2.45) is 0 Å². The van der Waals surface area contributed by atoms with E-state index in [0.717, 1.165) is 12.1 Å². The summed E-state index contributed by atoms with van der Waals surface area (Å²) < 4.78 is 37.4. The molecule has 0 spiro atoms. The van der Waals surface area contributed by atoms with E-state index in [1.165, 1.54) is 18.4 Å². The van der Waals surface area contributed by atoms with Crippen LogP contribution < -0.4 is 5.32 Å². The monoisotopic (exact) mass is 400 g/mol. The summed E-state index contributed by atoms with van der Waals surface area (Å²) in [6.07, 6.45) is 4.37. The lowest BCUT2D eigenvalue weighted by Crippen LogP contribution is -2.07. The summed E-state index contributed by atoms with van der Waals surface area (Å²) >= 11 is 5.96. The highest BCUT2D eigenvalue weighted by Gasteiger charge is 2.16. The number of rotatable bonds is 4. The number of carbonyl (C=O) groups is 1. The predicted octanol–water partition coefficient (Wildman–Crippen LogP) is 5.67. The molecular formula is C20H11ClF2N2O3. The van der Waals surface area contributed by atoms with Crippen molar-refractivity contribution in [1.82, 2.24) is 4.98 Å². The number of halogens is 3. The number of anilines is 1. The summed E-state index contributed by atoms with van der Waals surface area (Å²) in [5, 5.41) is 2.66. The van der Waals surface area contributed by atoms with Gasteiger partial charge in [0.15, 0.2) is 17.2 Å². The second-order valence-electron chi connectivity index (χ2n) is 5.79. The van der Waals surface area contributed by atoms with Gasteiger partial charge in [0.2, 0.25) is 11.8 Å². The molecule has 2 heterocycles. The minimum atomic E-state index is -1.06. The first-order valence-electron chi connectivity index (χ1n) is 8.08. The van der Waals surface area contributed by atoms with E-state index in [1.807, 2.05) is 0 Å². The summed E-state index contributed by atoms with van der Waals surface area (Å²) in [6.45, 7) is 0. The zero-order valence-corrected chi connectivity index (χ0v) is 14.8. The highest BCUT2D eigenvalue weighted by atomic mass is 35.5. The quantitative estimate of drug-likeness (QED) is 0.354. The van der Waals surface area contributed by atoms with E-state index in [4.69, 9.17) is 20.4 Å². The van der Waals surface area contributed by atoms with Crippen LogP contribution in [-0.2, 0) is 4.79 Å². The number of oxazole rings is 1. The van der Waals surface area contributed by atoms with Gasteiger partial charge in [0, 0.05) is 11.8 Å². The van der Waals surface area contributed by atoms with Gasteiger partial charge in [-0.15, -0.1) is 0 Å². The van der Waals surface area contributed by atoms with Crippen LogP contribution in [0.3, 0.4) is 0 Å². The van der Waals surface area contributed by atoms with Crippen molar-refractivity contribution >= 4 is 40.4 Å². The lowest BCUT2D eigenvalue weighted by molar-refractivity contribution is -0.111. The lowest BCUT2D eigenvalue weighted by atomic mass is 10.2. The molecule has 4 aromatic rings. The number of amides is 1. The standard InChI is InChI=1S/C20H11ClF2N2O3/c21-14-10-16(23)15(22)9-13(14)20-25-17-8-11(3-5-18(17)28-20)24-19(26)6-4-12-2-1-7-27-12/h1-10H,(H,24,26)/b6-4+. The molecule has 8 heteroatoms. The Bertz CT molecular complexity index is 1200. The molecule has 0 saturated carbocycles. The van der Waals surface area contributed by atoms with Crippen LogP contribution in [0.4, 0.5) is 14.5 Å². The zero-order valence-electron chi connectivity index (χ0n) is 14.1. The van der Waals surface area contributed by atoms with Crippen LogP contribution in [0.5, 0.6) is 0 Å². The third kappa shape index (κ3) is 3.65. The van der Waals surface area contributed by atoms with Crippen molar-refractivity contribution in [3.8, 4) is 11.5 Å². The molecule has 2 aromatic heterocycles. The Balaban J connectivity index is 1.58. The molecule has 140 valence electrons. The van der Waals surface area contributed by atoms with E-state index in [-0.39, 0.29) is 22.4 Å². The number of nitrogens with zero attached hydrogens (tertiary/aromatic N) is 1. The molecule has 0 aliphatic rings. The van der Waals surface area contributed by atoms with Gasteiger partial charge < -0.3 is 14.2 Å². The second-order valence-corrected chi connectivity index (χ2v) is 6.19. The molecule has 0 fully saturated rings. The molecule has 2 aromatic carbocycles. The molecule has 4 rings (SSSR count). The summed E-state index contributed by atoms with van der Waals surface area (Å²) in [7, 11) is 0. The number of benzene rings is 2. The largest absolute Gasteiger partial charge is 0.465 e. The smallest absolute Gasteiger partial charge is 0.248 e. The van der Waals surface area contributed by atoms with Crippen LogP contribution >= 0.6 is 11.6 Å². The predicted molar refractivity (Wildman–Crippen MR) is 101 cm³/mol. The van der Waals surface area contributed by atoms with Gasteiger partial charge in [0.1, 0.15) is 11.3 Å². The van der Waals surface area contributed by atoms with Crippen LogP contribution in [0.1, 0.15) is 5.76 Å². The third-order valence-corrected chi connectivity index (χ3v) is 4.15. The van der Waals surface area contributed by atoms with Crippen LogP contribution in [0.2, 0.25) is 5.02 Å². The molecule has 5 nitrogen and oxygen atoms in total. The molecule has 1 N–H and O–H groups in total. The van der Waals surface area contributed by atoms with Crippen molar-refractivity contribution in [2.45, 2.75) is 0 Å². The van der Waals surface area contributed by atoms with Crippen molar-refractivity contribution in [3.63, 3.8) is 0 Å². The summed E-state index contributed by atoms with van der Waals surface area (Å²) in [5.74, 6) is -1.88. The minimum Gasteiger partial charge on any atom is -0.465 e. The molecule has 0 atom stereocenters. The Morgan fingerprint density at radius 2 is 1.96 bits per heavy atom. The zero-order chi connectivity index (χ0) is 19.7. The fraction of sp³-hybridized carbons (Fsp3) is 0. The number of aromatic nitrogens is 1. The number of carbonyl (C=O) groups excluding carboxylic acids is 1. The molecular weight excluding hydrogens is 390 g/mol. The van der Waals surface area contributed by atoms with Gasteiger partial charge >= 0.3 is 0 Å². The third-order valence-electron chi connectivity index (χ3n) is 3.84. The van der Waals surface area contributed by atoms with Gasteiger partial charge in [0.25, 0.3) is 0 Å². The summed E-state index contributed by atoms with van der Waals surface area (Å²) in [4.78, 5) is 16.3. The Labute approximate surface area is 162 Å². The van der Waals surface area contributed by atoms with Gasteiger partial charge in [0.05, 0.1) is 16.8 Å². The molecule has 1 amide bonds. The van der Waals surface area contributed by atoms with Crippen molar-refractivity contribution in [1.29, 1.82) is 0 Å². The Hall–Kier alpha value is -3.45. The van der Waals surface area contributed by atoms with Crippen LogP contribution in [0, 0.1) is 11.6 Å². The van der Waals surface area contributed by atoms with Gasteiger partial charge in [-0.1, -0.05) is 11.6 Å². The first-order chi connectivity index (χ1) is 13.5. The highest BCUT2D eigenvalue weighted by molar-refractivity contribution is 6.33. The van der Waals surface area contributed by atoms with Gasteiger partial charge in [-0.05, 0) is 48.5 Å². The number of furan rings is 1. The number of hydrogen-bond donors (Lipinski definition) is 1. The number of hydrogen-bond acceptors (Lipinski definition) is 4. The van der Waals surface area contributed by atoms with Crippen molar-refractivity contribution in [2.75, 3.05) is 5.32 Å². The number of nitrogens with one attached hydrogen (secondary N) is 1. The van der Waals surface area contributed by atoms with E-state index in [0.29, 0.717) is 22.5 Å². The van der Waals surface area contributed by atoms with Gasteiger partial charge in [-0.2, -0.15) is 0 Å². The molecule has 0 unspecified atom stereocenters. The first-order valence-corrected chi connectivity index (χ1v) is 8.45. The maximum atomic E-state index is 13.5. The molecule has 0 bridgehead atoms. The van der Waals surface area contributed by atoms with Crippen molar-refractivity contribution in [3.05, 3.63) is 77.2 Å². The minimum absolute atomic E-state index is 0.0259. The second kappa shape index (κ2) is 7.28. The van der Waals surface area contributed by atoms with Crippen LogP contribution in [0.15, 0.2) is 63.6 Å². The molecule has 28 heavy (non-hydrogen) atoms. The summed E-state index contributed by atoms with van der Waals surface area (Å²) in [5.41, 5.74) is 1.44. The average molecular weight is 401 g/mol. The van der Waals surface area contributed by atoms with E-state index in [1.54, 1.807) is 30.3 Å². The van der Waals surface area contributed by atoms with E-state index >= 15 is 0 Å². The van der Waals surface area contributed by atoms with E-state index in [2.05, 4.69) is 10.3 Å².